The zero-order valence-corrected chi connectivity index (χ0v) is 61.7. The Morgan fingerprint density at radius 3 is 2.11 bits per heavy atom. The second-order valence-corrected chi connectivity index (χ2v) is 29.7. The quantitative estimate of drug-likeness (QED) is 0.0253. The number of amides is 7. The molecule has 0 radical (unpaired) electrons. The fourth-order valence-corrected chi connectivity index (χ4v) is 16.3. The fraction of sp³-hybridized carbons (Fsp3) is 0.712. The van der Waals surface area contributed by atoms with Crippen LogP contribution in [0.15, 0.2) is 48.1 Å². The minimum absolute atomic E-state index is 0.0201. The van der Waals surface area contributed by atoms with E-state index in [1.165, 1.54) is 28.8 Å². The Bertz CT molecular complexity index is 3230. The number of hydrogen-bond acceptors (Lipinski definition) is 26. The summed E-state index contributed by atoms with van der Waals surface area (Å²) in [4.78, 5) is 147. The number of ether oxygens (including phenoxy) is 8. The number of ketones is 4. The highest BCUT2D eigenvalue weighted by Gasteiger charge is 2.76. The van der Waals surface area contributed by atoms with E-state index in [1.54, 1.807) is 44.4 Å². The van der Waals surface area contributed by atoms with Gasteiger partial charge in [-0.2, -0.15) is 11.8 Å². The molecule has 31 nitrogen and oxygen atoms in total. The van der Waals surface area contributed by atoms with Gasteiger partial charge in [-0.05, 0) is 105 Å². The number of nitrogens with two attached hydrogens (primary N) is 1. The minimum Gasteiger partial charge on any atom is -0.429 e. The van der Waals surface area contributed by atoms with E-state index in [0.29, 0.717) is 31.2 Å². The van der Waals surface area contributed by atoms with Crippen molar-refractivity contribution in [2.24, 2.45) is 52.1 Å². The third-order valence-corrected chi connectivity index (χ3v) is 22.2. The monoisotopic (exact) mass is 1500 g/mol. The number of urea groups is 1. The topological polar surface area (TPSA) is 460 Å². The number of carbonyl (C=O) groups excluding carboxylic acids is 11. The van der Waals surface area contributed by atoms with Crippen molar-refractivity contribution in [1.29, 1.82) is 0 Å². The summed E-state index contributed by atoms with van der Waals surface area (Å²) in [7, 11) is 0. The summed E-state index contributed by atoms with van der Waals surface area (Å²) in [6.45, 7) is 8.36. The van der Waals surface area contributed by atoms with Gasteiger partial charge in [0.05, 0.1) is 95.6 Å². The number of carbonyl (C=O) groups is 11. The average molecular weight is 1500 g/mol. The van der Waals surface area contributed by atoms with Crippen molar-refractivity contribution < 1.29 is 121 Å². The molecule has 1 aromatic rings. The highest BCUT2D eigenvalue weighted by molar-refractivity contribution is 8.00. The van der Waals surface area contributed by atoms with E-state index < -0.39 is 169 Å². The van der Waals surface area contributed by atoms with Crippen LogP contribution in [0.1, 0.15) is 130 Å². The zero-order chi connectivity index (χ0) is 76.8. The van der Waals surface area contributed by atoms with Gasteiger partial charge in [-0.15, -0.1) is 0 Å². The second-order valence-electron chi connectivity index (χ2n) is 28.7. The molecule has 1 aromatic carbocycles. The van der Waals surface area contributed by atoms with Gasteiger partial charge in [0.15, 0.2) is 30.1 Å². The third kappa shape index (κ3) is 22.5. The van der Waals surface area contributed by atoms with Gasteiger partial charge in [-0.25, -0.2) is 9.59 Å². The molecule has 12 N–H and O–H groups in total. The largest absolute Gasteiger partial charge is 0.509 e. The number of hydrogen-bond donors (Lipinski definition) is 11. The molecular formula is C73H108N6O25S. The summed E-state index contributed by atoms with van der Waals surface area (Å²) >= 11 is 1.34. The fourth-order valence-electron chi connectivity index (χ4n) is 15.7. The van der Waals surface area contributed by atoms with Crippen LogP contribution in [0.25, 0.3) is 0 Å². The van der Waals surface area contributed by atoms with Gasteiger partial charge >= 0.3 is 12.2 Å². The van der Waals surface area contributed by atoms with Crippen molar-refractivity contribution in [2.45, 2.75) is 191 Å². The SMILES string of the molecule is CCCC1O[C@@H]2C[C@H]3[C@@H]4CCC5=CC(=O)C=C[C@]5(C)[C@H]4[C@@H](O)C[C@]3(C)[C@]2(C(=O)COC(=O)OCc2ccc(NC(=O)[C@H](CCCNC(N)=O)CC(=O)[C@@H](NC(=O)[C@@H](CCC(=O)NC[C@H](O)[C@@H](O)[C@H](O)[C@H](O)CO)CC(=O)CCOCCOCCOCCOCCN3C(=O)CC(SC)C3=O)C(C)C)cc2)O1. The Labute approximate surface area is 615 Å². The van der Waals surface area contributed by atoms with Crippen LogP contribution in [0.5, 0.6) is 0 Å². The summed E-state index contributed by atoms with van der Waals surface area (Å²) in [5.41, 5.74) is 4.09. The first-order valence-electron chi connectivity index (χ1n) is 36.4. The number of aliphatic hydroxyl groups excluding tert-OH is 6. The van der Waals surface area contributed by atoms with Gasteiger partial charge in [-0.1, -0.05) is 64.8 Å². The smallest absolute Gasteiger partial charge is 0.429 e. The van der Waals surface area contributed by atoms with E-state index in [-0.39, 0.29) is 157 Å². The van der Waals surface area contributed by atoms with Crippen LogP contribution in [0.4, 0.5) is 15.3 Å². The highest BCUT2D eigenvalue weighted by atomic mass is 32.2. The molecule has 0 spiro atoms. The number of fused-ring (bicyclic) bond motifs is 7. The molecule has 586 valence electrons. The Morgan fingerprint density at radius 2 is 1.48 bits per heavy atom. The van der Waals surface area contributed by atoms with Gasteiger partial charge in [0.25, 0.3) is 0 Å². The number of nitrogens with one attached hydrogen (secondary N) is 4. The number of thioether (sulfide) groups is 1. The summed E-state index contributed by atoms with van der Waals surface area (Å²) in [6.07, 6.45) is -1.72. The summed E-state index contributed by atoms with van der Waals surface area (Å²) < 4.78 is 46.3. The van der Waals surface area contributed by atoms with Crippen molar-refractivity contribution >= 4 is 82.3 Å². The van der Waals surface area contributed by atoms with Crippen molar-refractivity contribution in [1.82, 2.24) is 20.9 Å². The number of allylic oxidation sites excluding steroid dienone is 4. The van der Waals surface area contributed by atoms with Crippen LogP contribution in [-0.2, 0) is 87.7 Å². The first kappa shape index (κ1) is 85.6. The molecule has 105 heavy (non-hydrogen) atoms. The van der Waals surface area contributed by atoms with E-state index in [0.717, 1.165) is 12.0 Å². The van der Waals surface area contributed by atoms with Crippen LogP contribution >= 0.6 is 11.8 Å². The van der Waals surface area contributed by atoms with Gasteiger partial charge < -0.3 is 95.5 Å². The normalized spacial score (nSPS) is 26.6. The van der Waals surface area contributed by atoms with Gasteiger partial charge in [0.1, 0.15) is 30.7 Å². The van der Waals surface area contributed by atoms with Crippen LogP contribution < -0.4 is 27.0 Å². The van der Waals surface area contributed by atoms with Crippen LogP contribution in [-0.4, -0.2) is 252 Å². The van der Waals surface area contributed by atoms with Crippen LogP contribution in [0.3, 0.4) is 0 Å². The molecule has 2 heterocycles. The Kier molecular flexibility index (Phi) is 33.0. The van der Waals surface area contributed by atoms with E-state index >= 15 is 0 Å². The minimum atomic E-state index is -1.97. The van der Waals surface area contributed by atoms with Crippen molar-refractivity contribution in [3.8, 4) is 0 Å². The molecule has 32 heteroatoms. The number of likely N-dealkylation sites (tertiary alicyclic amines) is 1. The molecule has 2 unspecified atom stereocenters. The van der Waals surface area contributed by atoms with Crippen LogP contribution in [0.2, 0.25) is 0 Å². The van der Waals surface area contributed by atoms with E-state index in [2.05, 4.69) is 28.2 Å². The number of nitrogens with zero attached hydrogens (tertiary/aromatic N) is 1. The molecule has 0 aromatic heterocycles. The highest BCUT2D eigenvalue weighted by Crippen LogP contribution is 2.70. The van der Waals surface area contributed by atoms with Crippen molar-refractivity contribution in [3.63, 3.8) is 0 Å². The van der Waals surface area contributed by atoms with Gasteiger partial charge in [0.2, 0.25) is 35.3 Å². The maximum atomic E-state index is 14.7. The third-order valence-electron chi connectivity index (χ3n) is 21.3. The van der Waals surface area contributed by atoms with E-state index in [4.69, 9.17) is 48.7 Å². The first-order chi connectivity index (χ1) is 50.0. The summed E-state index contributed by atoms with van der Waals surface area (Å²) in [5, 5.41) is 71.7. The van der Waals surface area contributed by atoms with Crippen molar-refractivity contribution in [3.05, 3.63) is 53.6 Å². The Hall–Kier alpha value is -6.66. The standard InChI is InChI=1S/C73H108N6O25S/c1-7-9-61-103-58-35-51-50-17-14-46-34-48(81)19-21-71(46,4)62(50)53(84)37-72(51,5)73(58,104-61)57(87)41-102-70(96)101-40-43-11-15-47(16-12-43)77-66(92)44(10-8-22-75-69(74)95)33-52(83)63(42(2)3)78-67(93)45(13-18-59(88)76-38-54(85)64(90)65(91)55(86)39-80)32-49(82)20-24-97-26-28-99-30-31-100-29-27-98-25-23-79-60(89)36-56(105-6)68(79)94/h11-12,15-16,19,21,34,42,44-45,50-51,53-56,58,61-65,80,84-86,90-91H,7-10,13-14,17-18,20,22-33,35-41H2,1-6H3,(H,76,88)(H,77,92)(H,78,93)(H3,74,75,95)/t44-,45+,50+,51+,53+,54+,55-,56?,58-,61?,62-,63+,64-,65-,71+,72+,73-/m1/s1. The predicted molar refractivity (Wildman–Crippen MR) is 377 cm³/mol. The molecule has 5 fully saturated rings. The molecule has 7 rings (SSSR count). The number of anilines is 1. The maximum Gasteiger partial charge on any atom is 0.509 e. The lowest BCUT2D eigenvalue weighted by molar-refractivity contribution is -0.200. The lowest BCUT2D eigenvalue weighted by atomic mass is 9.46. The number of primary amides is 1. The molecule has 0 bridgehead atoms. The molecule has 2 aliphatic heterocycles. The number of aliphatic hydroxyl groups is 6. The Balaban J connectivity index is 0.902. The number of benzene rings is 1. The van der Waals surface area contributed by atoms with Gasteiger partial charge in [0, 0.05) is 79.5 Å². The van der Waals surface area contributed by atoms with Gasteiger partial charge in [-0.3, -0.25) is 48.1 Å². The molecule has 7 amide bonds. The van der Waals surface area contributed by atoms with Crippen molar-refractivity contribution in [2.75, 3.05) is 97.3 Å². The lowest BCUT2D eigenvalue weighted by Crippen LogP contribution is -2.63. The number of imide groups is 1. The predicted octanol–water partition coefficient (Wildman–Crippen LogP) is 2.04. The second kappa shape index (κ2) is 40.5. The molecule has 17 atom stereocenters. The molecular weight excluding hydrogens is 1390 g/mol. The average Bonchev–Trinajstić information content (AvgIpc) is 1.53. The number of Topliss-reactive ketones (excluding diaryl/α,β-unsaturated/α-hetero) is 3. The van der Waals surface area contributed by atoms with Crippen LogP contribution in [0, 0.1) is 46.3 Å². The molecule has 3 saturated carbocycles. The van der Waals surface area contributed by atoms with E-state index in [1.807, 2.05) is 19.9 Å². The first-order valence-corrected chi connectivity index (χ1v) is 37.6. The molecule has 6 aliphatic rings. The molecule has 4 aliphatic carbocycles. The summed E-state index contributed by atoms with van der Waals surface area (Å²) in [5.74, 6) is -7.26. The lowest BCUT2D eigenvalue weighted by Gasteiger charge is -2.59. The Morgan fingerprint density at radius 1 is 0.819 bits per heavy atom. The van der Waals surface area contributed by atoms with E-state index in [9.17, 15) is 78.3 Å². The summed E-state index contributed by atoms with van der Waals surface area (Å²) in [6, 6.07) is 4.18. The maximum absolute atomic E-state index is 14.7. The molecule has 2 saturated heterocycles. The number of rotatable bonds is 46. The zero-order valence-electron chi connectivity index (χ0n) is 60.9.